The zero-order valence-electron chi connectivity index (χ0n) is 18.0. The first-order valence-electron chi connectivity index (χ1n) is 9.96. The first-order chi connectivity index (χ1) is 15.7. The lowest BCUT2D eigenvalue weighted by molar-refractivity contribution is -0.137. The summed E-state index contributed by atoms with van der Waals surface area (Å²) in [6.45, 7) is 1.06. The topological polar surface area (TPSA) is 86.3 Å². The molecule has 8 nitrogen and oxygen atoms in total. The number of methoxy groups -OCH3 is 2. The van der Waals surface area contributed by atoms with Crippen molar-refractivity contribution in [1.29, 1.82) is 0 Å². The van der Waals surface area contributed by atoms with Crippen molar-refractivity contribution in [1.82, 2.24) is 0 Å². The van der Waals surface area contributed by atoms with Crippen LogP contribution in [0.15, 0.2) is 36.4 Å². The Hall–Kier alpha value is -3.47. The van der Waals surface area contributed by atoms with E-state index in [1.54, 1.807) is 0 Å². The fourth-order valence-electron chi connectivity index (χ4n) is 3.26. The Morgan fingerprint density at radius 3 is 2.36 bits per heavy atom. The summed E-state index contributed by atoms with van der Waals surface area (Å²) < 4.78 is 60.1. The number of alkyl halides is 3. The van der Waals surface area contributed by atoms with E-state index < -0.39 is 30.2 Å². The molecule has 11 heteroatoms. The third-order valence-electron chi connectivity index (χ3n) is 4.90. The van der Waals surface area contributed by atoms with Crippen molar-refractivity contribution in [3.8, 4) is 11.5 Å². The highest BCUT2D eigenvalue weighted by Gasteiger charge is 2.32. The van der Waals surface area contributed by atoms with Gasteiger partial charge in [0.25, 0.3) is 5.91 Å². The van der Waals surface area contributed by atoms with Gasteiger partial charge in [0, 0.05) is 13.1 Å². The number of carbonyl (C=O) groups excluding carboxylic acids is 2. The van der Waals surface area contributed by atoms with E-state index >= 15 is 0 Å². The predicted octanol–water partition coefficient (Wildman–Crippen LogP) is 3.35. The second kappa shape index (κ2) is 10.4. The van der Waals surface area contributed by atoms with Crippen molar-refractivity contribution in [2.45, 2.75) is 6.18 Å². The molecule has 1 aliphatic rings. The Bertz CT molecular complexity index is 1010. The molecule has 0 bridgehead atoms. The van der Waals surface area contributed by atoms with Crippen LogP contribution >= 0.6 is 0 Å². The highest BCUT2D eigenvalue weighted by molar-refractivity contribution is 5.98. The first-order valence-corrected chi connectivity index (χ1v) is 9.96. The Labute approximate surface area is 188 Å². The lowest BCUT2D eigenvalue weighted by atomic mass is 10.1. The molecule has 0 atom stereocenters. The molecule has 2 aromatic carbocycles. The summed E-state index contributed by atoms with van der Waals surface area (Å²) in [6.07, 6.45) is -4.58. The van der Waals surface area contributed by atoms with Crippen molar-refractivity contribution in [3.05, 3.63) is 47.5 Å². The van der Waals surface area contributed by atoms with E-state index in [0.717, 1.165) is 12.1 Å². The minimum Gasteiger partial charge on any atom is -0.493 e. The Kier molecular flexibility index (Phi) is 7.64. The van der Waals surface area contributed by atoms with E-state index in [1.807, 2.05) is 4.90 Å². The maximum Gasteiger partial charge on any atom is 0.416 e. The number of nitrogens with one attached hydrogen (secondary N) is 1. The van der Waals surface area contributed by atoms with E-state index in [4.69, 9.17) is 18.9 Å². The number of rotatable bonds is 7. The van der Waals surface area contributed by atoms with Crippen molar-refractivity contribution < 1.29 is 41.7 Å². The Morgan fingerprint density at radius 1 is 1.03 bits per heavy atom. The molecule has 1 heterocycles. The van der Waals surface area contributed by atoms with Gasteiger partial charge in [-0.2, -0.15) is 13.2 Å². The minimum absolute atomic E-state index is 0.0288. The van der Waals surface area contributed by atoms with E-state index in [2.05, 4.69) is 5.32 Å². The molecule has 0 unspecified atom stereocenters. The van der Waals surface area contributed by atoms with Gasteiger partial charge in [-0.3, -0.25) is 4.79 Å². The summed E-state index contributed by atoms with van der Waals surface area (Å²) in [7, 11) is 2.85. The van der Waals surface area contributed by atoms with Gasteiger partial charge in [-0.1, -0.05) is 0 Å². The van der Waals surface area contributed by atoms with Crippen molar-refractivity contribution in [2.75, 3.05) is 57.3 Å². The average molecular weight is 468 g/mol. The van der Waals surface area contributed by atoms with Gasteiger partial charge >= 0.3 is 12.1 Å². The second-order valence-electron chi connectivity index (χ2n) is 7.02. The number of hydrogen-bond acceptors (Lipinski definition) is 7. The fourth-order valence-corrected chi connectivity index (χ4v) is 3.26. The summed E-state index contributed by atoms with van der Waals surface area (Å²) >= 11 is 0. The van der Waals surface area contributed by atoms with Gasteiger partial charge in [0.05, 0.1) is 49.9 Å². The van der Waals surface area contributed by atoms with Crippen LogP contribution in [0.5, 0.6) is 11.5 Å². The maximum atomic E-state index is 13.2. The molecule has 0 saturated carbocycles. The van der Waals surface area contributed by atoms with Crippen LogP contribution in [0.1, 0.15) is 15.9 Å². The van der Waals surface area contributed by atoms with E-state index in [1.165, 1.54) is 38.5 Å². The molecule has 0 aromatic heterocycles. The third-order valence-corrected chi connectivity index (χ3v) is 4.90. The number of anilines is 2. The molecule has 1 aliphatic heterocycles. The van der Waals surface area contributed by atoms with Gasteiger partial charge in [0.15, 0.2) is 18.1 Å². The summed E-state index contributed by atoms with van der Waals surface area (Å²) in [5, 5.41) is 2.42. The summed E-state index contributed by atoms with van der Waals surface area (Å²) in [4.78, 5) is 26.5. The molecule has 1 amide bonds. The van der Waals surface area contributed by atoms with Gasteiger partial charge in [-0.25, -0.2) is 4.79 Å². The highest BCUT2D eigenvalue weighted by Crippen LogP contribution is 2.36. The summed E-state index contributed by atoms with van der Waals surface area (Å²) in [6, 6.07) is 7.45. The number of nitrogens with zero attached hydrogens (tertiary/aromatic N) is 1. The first kappa shape index (κ1) is 24.2. The van der Waals surface area contributed by atoms with Crippen LogP contribution in [0.2, 0.25) is 0 Å². The van der Waals surface area contributed by atoms with Gasteiger partial charge in [0.2, 0.25) is 0 Å². The molecular formula is C22H23F3N2O6. The molecule has 0 aliphatic carbocycles. The number of amides is 1. The number of benzene rings is 2. The van der Waals surface area contributed by atoms with Crippen LogP contribution < -0.4 is 19.7 Å². The third kappa shape index (κ3) is 6.07. The SMILES string of the molecule is COc1ccc(C(=O)OCC(=O)Nc2cc(C(F)(F)F)ccc2N2CCOCC2)cc1OC. The molecule has 0 radical (unpaired) electrons. The number of hydrogen-bond donors (Lipinski definition) is 1. The summed E-state index contributed by atoms with van der Waals surface area (Å²) in [5.41, 5.74) is -0.393. The predicted molar refractivity (Wildman–Crippen MR) is 113 cm³/mol. The molecule has 1 saturated heterocycles. The van der Waals surface area contributed by atoms with E-state index in [9.17, 15) is 22.8 Å². The lowest BCUT2D eigenvalue weighted by Crippen LogP contribution is -2.37. The lowest BCUT2D eigenvalue weighted by Gasteiger charge is -2.31. The van der Waals surface area contributed by atoms with Crippen LogP contribution in [0.3, 0.4) is 0 Å². The van der Waals surface area contributed by atoms with Gasteiger partial charge in [-0.15, -0.1) is 0 Å². The standard InChI is InChI=1S/C22H23F3N2O6/c1-30-18-6-3-14(11-19(18)31-2)21(29)33-13-20(28)26-16-12-15(22(23,24)25)4-5-17(16)27-7-9-32-10-8-27/h3-6,11-12H,7-10,13H2,1-2H3,(H,26,28). The van der Waals surface area contributed by atoms with Crippen molar-refractivity contribution in [3.63, 3.8) is 0 Å². The number of morpholine rings is 1. The van der Waals surface area contributed by atoms with Crippen molar-refractivity contribution >= 4 is 23.3 Å². The smallest absolute Gasteiger partial charge is 0.416 e. The van der Waals surface area contributed by atoms with Crippen LogP contribution in [-0.2, 0) is 20.4 Å². The quantitative estimate of drug-likeness (QED) is 0.624. The zero-order chi connectivity index (χ0) is 24.0. The Balaban J connectivity index is 1.71. The molecule has 1 N–H and O–H groups in total. The van der Waals surface area contributed by atoms with Crippen molar-refractivity contribution in [2.24, 2.45) is 0 Å². The Morgan fingerprint density at radius 2 is 1.73 bits per heavy atom. The normalized spacial score (nSPS) is 13.9. The van der Waals surface area contributed by atoms with Gasteiger partial charge in [0.1, 0.15) is 0 Å². The molecule has 1 fully saturated rings. The molecule has 3 rings (SSSR count). The summed E-state index contributed by atoms with van der Waals surface area (Å²) in [5.74, 6) is -0.872. The van der Waals surface area contributed by atoms with E-state index in [0.29, 0.717) is 43.5 Å². The second-order valence-corrected chi connectivity index (χ2v) is 7.02. The maximum absolute atomic E-state index is 13.2. The largest absolute Gasteiger partial charge is 0.493 e. The molecule has 0 spiro atoms. The molecule has 33 heavy (non-hydrogen) atoms. The molecule has 178 valence electrons. The average Bonchev–Trinajstić information content (AvgIpc) is 2.82. The number of ether oxygens (including phenoxy) is 4. The van der Waals surface area contributed by atoms with E-state index in [-0.39, 0.29) is 11.3 Å². The van der Waals surface area contributed by atoms with Crippen LogP contribution in [-0.4, -0.2) is 59.0 Å². The number of esters is 1. The van der Waals surface area contributed by atoms with Gasteiger partial charge in [-0.05, 0) is 36.4 Å². The van der Waals surface area contributed by atoms with Crippen LogP contribution in [0.25, 0.3) is 0 Å². The van der Waals surface area contributed by atoms with Crippen LogP contribution in [0, 0.1) is 0 Å². The minimum atomic E-state index is -4.58. The molecular weight excluding hydrogens is 445 g/mol. The highest BCUT2D eigenvalue weighted by atomic mass is 19.4. The molecule has 2 aromatic rings. The fraction of sp³-hybridized carbons (Fsp3) is 0.364. The monoisotopic (exact) mass is 468 g/mol. The zero-order valence-corrected chi connectivity index (χ0v) is 18.0. The number of carbonyl (C=O) groups is 2. The number of halogens is 3. The van der Waals surface area contributed by atoms with Gasteiger partial charge < -0.3 is 29.2 Å². The van der Waals surface area contributed by atoms with Crippen LogP contribution in [0.4, 0.5) is 24.5 Å².